The minimum atomic E-state index is -0.390. The summed E-state index contributed by atoms with van der Waals surface area (Å²) in [6.07, 6.45) is 3.67. The van der Waals surface area contributed by atoms with E-state index in [4.69, 9.17) is 4.74 Å². The molecular weight excluding hydrogens is 167 g/mol. The van der Waals surface area contributed by atoms with E-state index in [1.54, 1.807) is 18.2 Å². The zero-order valence-corrected chi connectivity index (χ0v) is 7.42. The third kappa shape index (κ3) is 2.44. The first-order valence-corrected chi connectivity index (χ1v) is 4.65. The number of benzene rings is 1. The van der Waals surface area contributed by atoms with E-state index in [1.165, 1.54) is 12.8 Å². The summed E-state index contributed by atoms with van der Waals surface area (Å²) in [6, 6.07) is 7.38. The van der Waals surface area contributed by atoms with Gasteiger partial charge in [-0.05, 0) is 18.4 Å². The van der Waals surface area contributed by atoms with Crippen LogP contribution in [0.15, 0.2) is 18.2 Å². The molecule has 0 heterocycles. The zero-order chi connectivity index (χ0) is 9.10. The van der Waals surface area contributed by atoms with Crippen LogP contribution < -0.4 is 4.74 Å². The predicted octanol–water partition coefficient (Wildman–Crippen LogP) is 2.80. The molecule has 0 amide bonds. The molecular formula is C11H12FO. The van der Waals surface area contributed by atoms with Gasteiger partial charge in [-0.1, -0.05) is 25.0 Å². The molecule has 0 aliphatic heterocycles. The van der Waals surface area contributed by atoms with Crippen molar-refractivity contribution >= 4 is 0 Å². The Bertz CT molecular complexity index is 281. The fourth-order valence-electron chi connectivity index (χ4n) is 1.25. The number of halogens is 1. The van der Waals surface area contributed by atoms with Crippen molar-refractivity contribution in [1.29, 1.82) is 0 Å². The van der Waals surface area contributed by atoms with E-state index < -0.39 is 5.82 Å². The average molecular weight is 179 g/mol. The summed E-state index contributed by atoms with van der Waals surface area (Å²) in [5.74, 6) is 0.761. The molecule has 2 rings (SSSR count). The monoisotopic (exact) mass is 179 g/mol. The summed E-state index contributed by atoms with van der Waals surface area (Å²) in [6.45, 7) is 0.624. The molecule has 1 aliphatic carbocycles. The van der Waals surface area contributed by atoms with Crippen molar-refractivity contribution in [3.63, 3.8) is 0 Å². The van der Waals surface area contributed by atoms with E-state index in [-0.39, 0.29) is 0 Å². The lowest BCUT2D eigenvalue weighted by atomic mass is 10.3. The highest BCUT2D eigenvalue weighted by Crippen LogP contribution is 2.32. The standard InChI is InChI=1S/C11H12FO/c12-10-3-1-2-4-11(10)13-8-7-9-5-6-9/h1-2,4,9H,5-8H2. The molecule has 0 N–H and O–H groups in total. The van der Waals surface area contributed by atoms with Crippen LogP contribution >= 0.6 is 0 Å². The Kier molecular flexibility index (Phi) is 2.48. The Labute approximate surface area is 77.5 Å². The van der Waals surface area contributed by atoms with E-state index in [0.29, 0.717) is 12.4 Å². The van der Waals surface area contributed by atoms with Crippen LogP contribution in [0, 0.1) is 17.8 Å². The SMILES string of the molecule is Fc1[c]cccc1OCCC1CC1. The van der Waals surface area contributed by atoms with Crippen LogP contribution in [0.3, 0.4) is 0 Å². The molecule has 1 aliphatic rings. The molecule has 13 heavy (non-hydrogen) atoms. The Morgan fingerprint density at radius 3 is 3.08 bits per heavy atom. The number of ether oxygens (including phenoxy) is 1. The second-order valence-electron chi connectivity index (χ2n) is 3.43. The van der Waals surface area contributed by atoms with Crippen molar-refractivity contribution in [3.8, 4) is 5.75 Å². The fourth-order valence-corrected chi connectivity index (χ4v) is 1.25. The Balaban J connectivity index is 1.82. The first kappa shape index (κ1) is 8.54. The molecule has 0 atom stereocenters. The molecule has 0 bridgehead atoms. The number of hydrogen-bond acceptors (Lipinski definition) is 1. The molecule has 1 fully saturated rings. The minimum Gasteiger partial charge on any atom is -0.490 e. The average Bonchev–Trinajstić information content (AvgIpc) is 2.92. The van der Waals surface area contributed by atoms with E-state index in [1.807, 2.05) is 0 Å². The van der Waals surface area contributed by atoms with Gasteiger partial charge in [0.2, 0.25) is 0 Å². The largest absolute Gasteiger partial charge is 0.490 e. The van der Waals surface area contributed by atoms with Gasteiger partial charge in [-0.2, -0.15) is 0 Å². The fraction of sp³-hybridized carbons (Fsp3) is 0.455. The van der Waals surface area contributed by atoms with E-state index in [0.717, 1.165) is 12.3 Å². The van der Waals surface area contributed by atoms with Gasteiger partial charge in [-0.3, -0.25) is 0 Å². The van der Waals surface area contributed by atoms with Crippen molar-refractivity contribution in [1.82, 2.24) is 0 Å². The van der Waals surface area contributed by atoms with Gasteiger partial charge in [0.25, 0.3) is 0 Å². The third-order valence-electron chi connectivity index (χ3n) is 2.25. The van der Waals surface area contributed by atoms with Gasteiger partial charge in [0.1, 0.15) is 0 Å². The molecule has 0 saturated heterocycles. The molecule has 0 unspecified atom stereocenters. The molecule has 1 radical (unpaired) electrons. The first-order chi connectivity index (χ1) is 6.36. The summed E-state index contributed by atoms with van der Waals surface area (Å²) in [7, 11) is 0. The molecule has 0 aromatic heterocycles. The van der Waals surface area contributed by atoms with Gasteiger partial charge in [0.15, 0.2) is 11.6 Å². The smallest absolute Gasteiger partial charge is 0.172 e. The highest BCUT2D eigenvalue weighted by atomic mass is 19.1. The summed E-state index contributed by atoms with van der Waals surface area (Å²) < 4.78 is 18.2. The Hall–Kier alpha value is -1.05. The van der Waals surface area contributed by atoms with Crippen LogP contribution in [0.2, 0.25) is 0 Å². The predicted molar refractivity (Wildman–Crippen MR) is 48.1 cm³/mol. The zero-order valence-electron chi connectivity index (χ0n) is 7.42. The topological polar surface area (TPSA) is 9.23 Å². The summed E-state index contributed by atoms with van der Waals surface area (Å²) >= 11 is 0. The van der Waals surface area contributed by atoms with E-state index >= 15 is 0 Å². The van der Waals surface area contributed by atoms with Crippen LogP contribution in [0.5, 0.6) is 5.75 Å². The maximum Gasteiger partial charge on any atom is 0.172 e. The van der Waals surface area contributed by atoms with Gasteiger partial charge in [0.05, 0.1) is 6.61 Å². The summed E-state index contributed by atoms with van der Waals surface area (Å²) in [5.41, 5.74) is 0. The lowest BCUT2D eigenvalue weighted by molar-refractivity contribution is 0.288. The van der Waals surface area contributed by atoms with Crippen molar-refractivity contribution in [2.75, 3.05) is 6.61 Å². The van der Waals surface area contributed by atoms with Crippen LogP contribution in [0.1, 0.15) is 19.3 Å². The molecule has 1 nitrogen and oxygen atoms in total. The highest BCUT2D eigenvalue weighted by molar-refractivity contribution is 5.22. The van der Waals surface area contributed by atoms with Gasteiger partial charge >= 0.3 is 0 Å². The Morgan fingerprint density at radius 1 is 1.54 bits per heavy atom. The molecule has 2 heteroatoms. The van der Waals surface area contributed by atoms with Crippen molar-refractivity contribution < 1.29 is 9.13 Å². The van der Waals surface area contributed by atoms with Crippen LogP contribution in [-0.4, -0.2) is 6.61 Å². The van der Waals surface area contributed by atoms with Gasteiger partial charge in [-0.15, -0.1) is 0 Å². The van der Waals surface area contributed by atoms with Gasteiger partial charge in [0, 0.05) is 6.07 Å². The lowest BCUT2D eigenvalue weighted by Gasteiger charge is -2.05. The second-order valence-corrected chi connectivity index (χ2v) is 3.43. The first-order valence-electron chi connectivity index (χ1n) is 4.65. The molecule has 1 saturated carbocycles. The second kappa shape index (κ2) is 3.77. The minimum absolute atomic E-state index is 0.322. The third-order valence-corrected chi connectivity index (χ3v) is 2.25. The highest BCUT2D eigenvalue weighted by Gasteiger charge is 2.20. The maximum absolute atomic E-state index is 12.9. The van der Waals surface area contributed by atoms with Crippen LogP contribution in [-0.2, 0) is 0 Å². The normalized spacial score (nSPS) is 15.8. The van der Waals surface area contributed by atoms with E-state index in [2.05, 4.69) is 6.07 Å². The van der Waals surface area contributed by atoms with E-state index in [9.17, 15) is 4.39 Å². The summed E-state index contributed by atoms with van der Waals surface area (Å²) in [4.78, 5) is 0. The van der Waals surface area contributed by atoms with Crippen molar-refractivity contribution in [3.05, 3.63) is 30.1 Å². The summed E-state index contributed by atoms with van der Waals surface area (Å²) in [5, 5.41) is 0. The molecule has 69 valence electrons. The number of hydrogen-bond donors (Lipinski definition) is 0. The maximum atomic E-state index is 12.9. The lowest BCUT2D eigenvalue weighted by Crippen LogP contribution is -1.99. The quantitative estimate of drug-likeness (QED) is 0.690. The van der Waals surface area contributed by atoms with Gasteiger partial charge in [-0.25, -0.2) is 4.39 Å². The van der Waals surface area contributed by atoms with Crippen molar-refractivity contribution in [2.24, 2.45) is 5.92 Å². The molecule has 1 aromatic rings. The van der Waals surface area contributed by atoms with Crippen LogP contribution in [0.25, 0.3) is 0 Å². The number of rotatable bonds is 4. The van der Waals surface area contributed by atoms with Crippen molar-refractivity contribution in [2.45, 2.75) is 19.3 Å². The van der Waals surface area contributed by atoms with Gasteiger partial charge < -0.3 is 4.74 Å². The molecule has 1 aromatic carbocycles. The Morgan fingerprint density at radius 2 is 2.38 bits per heavy atom. The van der Waals surface area contributed by atoms with Crippen LogP contribution in [0.4, 0.5) is 4.39 Å². The molecule has 0 spiro atoms.